The predicted molar refractivity (Wildman–Crippen MR) is 154 cm³/mol. The van der Waals surface area contributed by atoms with E-state index < -0.39 is 5.67 Å². The highest BCUT2D eigenvalue weighted by molar-refractivity contribution is 5.85. The Hall–Kier alpha value is -3.29. The summed E-state index contributed by atoms with van der Waals surface area (Å²) in [6.45, 7) is 4.86. The normalized spacial score (nSPS) is 19.9. The van der Waals surface area contributed by atoms with Crippen molar-refractivity contribution in [2.75, 3.05) is 31.9 Å². The molecule has 2 N–H and O–H groups in total. The summed E-state index contributed by atoms with van der Waals surface area (Å²) in [7, 11) is 0. The molecule has 0 unspecified atom stereocenters. The molecule has 0 spiro atoms. The van der Waals surface area contributed by atoms with Gasteiger partial charge in [-0.3, -0.25) is 14.6 Å². The molecule has 206 valence electrons. The van der Waals surface area contributed by atoms with Crippen LogP contribution in [-0.4, -0.2) is 63.5 Å². The van der Waals surface area contributed by atoms with Gasteiger partial charge in [-0.25, -0.2) is 9.37 Å². The van der Waals surface area contributed by atoms with Gasteiger partial charge in [-0.15, -0.1) is 0 Å². The van der Waals surface area contributed by atoms with Crippen molar-refractivity contribution in [3.05, 3.63) is 83.6 Å². The van der Waals surface area contributed by atoms with Crippen LogP contribution in [0, 0.1) is 0 Å². The van der Waals surface area contributed by atoms with Crippen molar-refractivity contribution < 1.29 is 9.18 Å². The summed E-state index contributed by atoms with van der Waals surface area (Å²) in [6, 6.07) is 21.5. The molecule has 3 aliphatic heterocycles. The molecular weight excluding hydrogens is 489 g/mol. The maximum atomic E-state index is 15.9. The van der Waals surface area contributed by atoms with Gasteiger partial charge in [-0.05, 0) is 52.8 Å². The summed E-state index contributed by atoms with van der Waals surface area (Å²) < 4.78 is 15.9. The highest BCUT2D eigenvalue weighted by Gasteiger charge is 2.45. The fraction of sp³-hybridized carbons (Fsp3) is 0.438. The Morgan fingerprint density at radius 3 is 2.10 bits per heavy atom. The summed E-state index contributed by atoms with van der Waals surface area (Å²) in [5, 5.41) is 0. The summed E-state index contributed by atoms with van der Waals surface area (Å²) in [5.74, 6) is 0.182. The van der Waals surface area contributed by atoms with Crippen LogP contribution in [0.2, 0.25) is 0 Å². The molecule has 2 fully saturated rings. The monoisotopic (exact) mass is 529 g/mol. The number of benzene rings is 2. The van der Waals surface area contributed by atoms with E-state index in [-0.39, 0.29) is 26.2 Å². The fourth-order valence-corrected chi connectivity index (χ4v) is 6.44. The van der Waals surface area contributed by atoms with E-state index in [1.54, 1.807) is 11.1 Å². The Bertz CT molecular complexity index is 1250. The SMILES string of the molecule is C.Nc1cc(CN2CCC(F)(C(=O)N3CCC(N4Cc5ccccc5-c5ccccc5C4)CC3)CC2)ccn1. The number of rotatable bonds is 4. The van der Waals surface area contributed by atoms with E-state index in [2.05, 4.69) is 63.3 Å². The number of carbonyl (C=O) groups excluding carboxylic acids is 1. The van der Waals surface area contributed by atoms with E-state index >= 15 is 4.39 Å². The van der Waals surface area contributed by atoms with E-state index in [0.29, 0.717) is 44.6 Å². The Kier molecular flexibility index (Phi) is 8.01. The standard InChI is InChI=1S/C31H36FN5O.CH4/c32-31(12-17-35(18-13-31)20-23-9-14-34-29(33)19-23)30(38)36-15-10-26(11-16-36)37-21-24-5-1-3-7-27(24)28-8-4-2-6-25(28)22-37;/h1-9,14,19,26H,10-13,15-18,20-22H2,(H2,33,34);1H4. The van der Waals surface area contributed by atoms with Crippen molar-refractivity contribution in [3.63, 3.8) is 0 Å². The van der Waals surface area contributed by atoms with Gasteiger partial charge in [0.05, 0.1) is 0 Å². The number of pyridine rings is 1. The first-order chi connectivity index (χ1) is 18.5. The van der Waals surface area contributed by atoms with Gasteiger partial charge in [-0.2, -0.15) is 0 Å². The number of nitrogen functional groups attached to an aromatic ring is 1. The van der Waals surface area contributed by atoms with E-state index in [1.807, 2.05) is 12.1 Å². The van der Waals surface area contributed by atoms with Crippen molar-refractivity contribution >= 4 is 11.7 Å². The van der Waals surface area contributed by atoms with Crippen molar-refractivity contribution in [1.29, 1.82) is 0 Å². The van der Waals surface area contributed by atoms with Crippen LogP contribution in [0.15, 0.2) is 66.9 Å². The summed E-state index contributed by atoms with van der Waals surface area (Å²) >= 11 is 0. The second-order valence-corrected chi connectivity index (χ2v) is 11.1. The lowest BCUT2D eigenvalue weighted by Crippen LogP contribution is -2.55. The number of fused-ring (bicyclic) bond motifs is 3. The molecule has 0 bridgehead atoms. The number of carbonyl (C=O) groups is 1. The molecule has 6 nitrogen and oxygen atoms in total. The molecule has 0 saturated carbocycles. The lowest BCUT2D eigenvalue weighted by Gasteiger charge is -2.42. The average molecular weight is 530 g/mol. The van der Waals surface area contributed by atoms with Gasteiger partial charge in [-0.1, -0.05) is 56.0 Å². The van der Waals surface area contributed by atoms with Crippen LogP contribution in [0.4, 0.5) is 10.2 Å². The third-order valence-corrected chi connectivity index (χ3v) is 8.62. The molecule has 39 heavy (non-hydrogen) atoms. The van der Waals surface area contributed by atoms with Crippen molar-refractivity contribution in [3.8, 4) is 11.1 Å². The lowest BCUT2D eigenvalue weighted by molar-refractivity contribution is -0.149. The first-order valence-corrected chi connectivity index (χ1v) is 13.8. The summed E-state index contributed by atoms with van der Waals surface area (Å²) in [5.41, 5.74) is 10.4. The molecule has 0 radical (unpaired) electrons. The molecule has 7 heteroatoms. The first-order valence-electron chi connectivity index (χ1n) is 13.8. The predicted octanol–water partition coefficient (Wildman–Crippen LogP) is 5.28. The number of aromatic nitrogens is 1. The molecule has 6 rings (SSSR count). The Morgan fingerprint density at radius 1 is 0.923 bits per heavy atom. The first kappa shape index (κ1) is 27.3. The topological polar surface area (TPSA) is 65.7 Å². The van der Waals surface area contributed by atoms with Crippen LogP contribution in [0.5, 0.6) is 0 Å². The van der Waals surface area contributed by atoms with Crippen molar-refractivity contribution in [2.24, 2.45) is 0 Å². The lowest BCUT2D eigenvalue weighted by atomic mass is 9.90. The molecular formula is C32H40FN5O. The zero-order chi connectivity index (χ0) is 26.1. The zero-order valence-corrected chi connectivity index (χ0v) is 21.9. The number of amides is 1. The summed E-state index contributed by atoms with van der Waals surface area (Å²) in [4.78, 5) is 23.9. The smallest absolute Gasteiger partial charge is 0.260 e. The quantitative estimate of drug-likeness (QED) is 0.498. The van der Waals surface area contributed by atoms with E-state index in [9.17, 15) is 4.79 Å². The van der Waals surface area contributed by atoms with E-state index in [4.69, 9.17) is 5.73 Å². The number of halogens is 1. The van der Waals surface area contributed by atoms with Crippen LogP contribution < -0.4 is 5.73 Å². The molecule has 2 saturated heterocycles. The van der Waals surface area contributed by atoms with Crippen LogP contribution in [0.1, 0.15) is 49.8 Å². The number of anilines is 1. The minimum Gasteiger partial charge on any atom is -0.384 e. The maximum Gasteiger partial charge on any atom is 0.260 e. The summed E-state index contributed by atoms with van der Waals surface area (Å²) in [6.07, 6.45) is 3.94. The molecule has 3 aliphatic rings. The van der Waals surface area contributed by atoms with Gasteiger partial charge >= 0.3 is 0 Å². The third kappa shape index (κ3) is 5.70. The van der Waals surface area contributed by atoms with Crippen LogP contribution >= 0.6 is 0 Å². The number of nitrogens with two attached hydrogens (primary N) is 1. The molecule has 2 aromatic carbocycles. The highest BCUT2D eigenvalue weighted by atomic mass is 19.1. The van der Waals surface area contributed by atoms with E-state index in [1.165, 1.54) is 22.3 Å². The minimum absolute atomic E-state index is 0. The van der Waals surface area contributed by atoms with Gasteiger partial charge in [0.2, 0.25) is 0 Å². The Morgan fingerprint density at radius 2 is 1.51 bits per heavy atom. The highest BCUT2D eigenvalue weighted by Crippen LogP contribution is 2.35. The van der Waals surface area contributed by atoms with Crippen molar-refractivity contribution in [2.45, 2.75) is 64.5 Å². The number of hydrogen-bond donors (Lipinski definition) is 1. The van der Waals surface area contributed by atoms with Crippen LogP contribution in [0.3, 0.4) is 0 Å². The molecule has 3 aromatic rings. The molecule has 1 amide bonds. The Labute approximate surface area is 231 Å². The number of nitrogens with zero attached hydrogens (tertiary/aromatic N) is 4. The largest absolute Gasteiger partial charge is 0.384 e. The van der Waals surface area contributed by atoms with Gasteiger partial charge in [0.25, 0.3) is 5.91 Å². The minimum atomic E-state index is -1.76. The van der Waals surface area contributed by atoms with Crippen LogP contribution in [0.25, 0.3) is 11.1 Å². The van der Waals surface area contributed by atoms with Gasteiger partial charge in [0.15, 0.2) is 5.67 Å². The number of likely N-dealkylation sites (tertiary alicyclic amines) is 2. The van der Waals surface area contributed by atoms with Gasteiger partial charge in [0, 0.05) is 70.9 Å². The van der Waals surface area contributed by atoms with Crippen LogP contribution in [-0.2, 0) is 24.4 Å². The Balaban J connectivity index is 0.00000308. The second kappa shape index (κ2) is 11.4. The molecule has 0 atom stereocenters. The third-order valence-electron chi connectivity index (χ3n) is 8.62. The van der Waals surface area contributed by atoms with E-state index in [0.717, 1.165) is 31.5 Å². The molecule has 4 heterocycles. The average Bonchev–Trinajstić information content (AvgIpc) is 3.11. The fourth-order valence-electron chi connectivity index (χ4n) is 6.44. The van der Waals surface area contributed by atoms with Gasteiger partial charge < -0.3 is 10.6 Å². The number of alkyl halides is 1. The number of hydrogen-bond acceptors (Lipinski definition) is 5. The number of piperidine rings is 2. The second-order valence-electron chi connectivity index (χ2n) is 11.1. The maximum absolute atomic E-state index is 15.9. The zero-order valence-electron chi connectivity index (χ0n) is 21.9. The molecule has 0 aliphatic carbocycles. The molecule has 1 aromatic heterocycles. The van der Waals surface area contributed by atoms with Gasteiger partial charge in [0.1, 0.15) is 5.82 Å². The van der Waals surface area contributed by atoms with Crippen molar-refractivity contribution in [1.82, 2.24) is 19.7 Å².